The first-order valence-electron chi connectivity index (χ1n) is 5.70. The number of anilines is 1. The van der Waals surface area contributed by atoms with Gasteiger partial charge in [-0.05, 0) is 17.7 Å². The molecule has 2 amide bonds. The van der Waals surface area contributed by atoms with Gasteiger partial charge in [-0.1, -0.05) is 12.1 Å². The summed E-state index contributed by atoms with van der Waals surface area (Å²) in [5.74, 6) is 0. The van der Waals surface area contributed by atoms with Crippen LogP contribution < -0.4 is 11.1 Å². The summed E-state index contributed by atoms with van der Waals surface area (Å²) in [4.78, 5) is 13.5. The van der Waals surface area contributed by atoms with E-state index in [0.29, 0.717) is 32.8 Å². The number of nitrogens with zero attached hydrogens (tertiary/aromatic N) is 1. The number of nitrogens with two attached hydrogens (primary N) is 1. The van der Waals surface area contributed by atoms with Gasteiger partial charge in [-0.2, -0.15) is 0 Å². The number of urea groups is 1. The molecule has 0 spiro atoms. The number of carbonyl (C=O) groups is 1. The Bertz CT molecular complexity index is 372. The third kappa shape index (κ3) is 3.35. The molecular formula is C12H17N3O2. The lowest BCUT2D eigenvalue weighted by Crippen LogP contribution is -2.45. The molecule has 0 saturated carbocycles. The quantitative estimate of drug-likeness (QED) is 0.745. The summed E-state index contributed by atoms with van der Waals surface area (Å²) in [6.45, 7) is 3.09. The van der Waals surface area contributed by atoms with Crippen LogP contribution in [0.1, 0.15) is 5.56 Å². The SMILES string of the molecule is Nc1ccc(CNC(=O)N2CCOCC2)cc1. The number of amides is 2. The van der Waals surface area contributed by atoms with Crippen molar-refractivity contribution in [1.82, 2.24) is 10.2 Å². The van der Waals surface area contributed by atoms with Gasteiger partial charge in [0, 0.05) is 25.3 Å². The second-order valence-corrected chi connectivity index (χ2v) is 4.00. The zero-order valence-electron chi connectivity index (χ0n) is 9.69. The minimum Gasteiger partial charge on any atom is -0.399 e. The molecule has 0 atom stereocenters. The van der Waals surface area contributed by atoms with E-state index in [0.717, 1.165) is 11.3 Å². The number of hydrogen-bond donors (Lipinski definition) is 2. The van der Waals surface area contributed by atoms with Crippen LogP contribution in [0.25, 0.3) is 0 Å². The smallest absolute Gasteiger partial charge is 0.317 e. The van der Waals surface area contributed by atoms with Crippen molar-refractivity contribution in [2.45, 2.75) is 6.54 Å². The molecule has 1 aromatic carbocycles. The summed E-state index contributed by atoms with van der Waals surface area (Å²) < 4.78 is 5.19. The van der Waals surface area contributed by atoms with Crippen molar-refractivity contribution in [3.8, 4) is 0 Å². The van der Waals surface area contributed by atoms with E-state index >= 15 is 0 Å². The molecule has 0 unspecified atom stereocenters. The zero-order valence-corrected chi connectivity index (χ0v) is 9.69. The highest BCUT2D eigenvalue weighted by Gasteiger charge is 2.15. The van der Waals surface area contributed by atoms with Crippen LogP contribution in [0.15, 0.2) is 24.3 Å². The Kier molecular flexibility index (Phi) is 3.82. The Hall–Kier alpha value is -1.75. The van der Waals surface area contributed by atoms with Crippen molar-refractivity contribution >= 4 is 11.7 Å². The van der Waals surface area contributed by atoms with Gasteiger partial charge >= 0.3 is 6.03 Å². The standard InChI is InChI=1S/C12H17N3O2/c13-11-3-1-10(2-4-11)9-14-12(16)15-5-7-17-8-6-15/h1-4H,5-9,13H2,(H,14,16). The molecule has 1 aliphatic rings. The van der Waals surface area contributed by atoms with Gasteiger partial charge in [-0.15, -0.1) is 0 Å². The van der Waals surface area contributed by atoms with Crippen LogP contribution in [0.2, 0.25) is 0 Å². The summed E-state index contributed by atoms with van der Waals surface area (Å²) in [6, 6.07) is 7.45. The molecule has 5 nitrogen and oxygen atoms in total. The van der Waals surface area contributed by atoms with Crippen LogP contribution in [0, 0.1) is 0 Å². The normalized spacial score (nSPS) is 15.6. The molecule has 2 rings (SSSR count). The number of nitrogen functional groups attached to an aromatic ring is 1. The van der Waals surface area contributed by atoms with E-state index in [4.69, 9.17) is 10.5 Å². The van der Waals surface area contributed by atoms with Gasteiger partial charge < -0.3 is 20.7 Å². The molecule has 1 aliphatic heterocycles. The number of hydrogen-bond acceptors (Lipinski definition) is 3. The van der Waals surface area contributed by atoms with Crippen molar-refractivity contribution in [2.75, 3.05) is 32.0 Å². The average Bonchev–Trinajstić information content (AvgIpc) is 2.39. The van der Waals surface area contributed by atoms with E-state index in [2.05, 4.69) is 5.32 Å². The lowest BCUT2D eigenvalue weighted by atomic mass is 10.2. The highest BCUT2D eigenvalue weighted by molar-refractivity contribution is 5.74. The van der Waals surface area contributed by atoms with Crippen molar-refractivity contribution in [3.63, 3.8) is 0 Å². The molecule has 3 N–H and O–H groups in total. The summed E-state index contributed by atoms with van der Waals surface area (Å²) in [5, 5.41) is 2.88. The Labute approximate surface area is 101 Å². The zero-order chi connectivity index (χ0) is 12.1. The van der Waals surface area contributed by atoms with Gasteiger partial charge in [-0.3, -0.25) is 0 Å². The van der Waals surface area contributed by atoms with Crippen LogP contribution in [0.4, 0.5) is 10.5 Å². The number of nitrogens with one attached hydrogen (secondary N) is 1. The van der Waals surface area contributed by atoms with Gasteiger partial charge in [-0.25, -0.2) is 4.79 Å². The van der Waals surface area contributed by atoms with Crippen LogP contribution in [0.5, 0.6) is 0 Å². The van der Waals surface area contributed by atoms with E-state index in [1.807, 2.05) is 24.3 Å². The molecule has 1 heterocycles. The van der Waals surface area contributed by atoms with Gasteiger partial charge in [0.2, 0.25) is 0 Å². The fourth-order valence-electron chi connectivity index (χ4n) is 1.69. The maximum Gasteiger partial charge on any atom is 0.317 e. The summed E-state index contributed by atoms with van der Waals surface area (Å²) >= 11 is 0. The number of benzene rings is 1. The first kappa shape index (κ1) is 11.7. The predicted molar refractivity (Wildman–Crippen MR) is 65.5 cm³/mol. The maximum absolute atomic E-state index is 11.8. The molecule has 0 radical (unpaired) electrons. The fraction of sp³-hybridized carbons (Fsp3) is 0.417. The molecule has 17 heavy (non-hydrogen) atoms. The van der Waals surface area contributed by atoms with Gasteiger partial charge in [0.25, 0.3) is 0 Å². The molecule has 0 aromatic heterocycles. The van der Waals surface area contributed by atoms with Crippen LogP contribution in [-0.2, 0) is 11.3 Å². The molecular weight excluding hydrogens is 218 g/mol. The fourth-order valence-corrected chi connectivity index (χ4v) is 1.69. The Morgan fingerprint density at radius 3 is 2.59 bits per heavy atom. The molecule has 0 bridgehead atoms. The summed E-state index contributed by atoms with van der Waals surface area (Å²) in [6.07, 6.45) is 0. The van der Waals surface area contributed by atoms with Crippen molar-refractivity contribution in [3.05, 3.63) is 29.8 Å². The number of ether oxygens (including phenoxy) is 1. The molecule has 5 heteroatoms. The Morgan fingerprint density at radius 1 is 1.29 bits per heavy atom. The number of rotatable bonds is 2. The Morgan fingerprint density at radius 2 is 1.94 bits per heavy atom. The van der Waals surface area contributed by atoms with Crippen molar-refractivity contribution in [2.24, 2.45) is 0 Å². The number of morpholine rings is 1. The molecule has 1 fully saturated rings. The van der Waals surface area contributed by atoms with Gasteiger partial charge in [0.15, 0.2) is 0 Å². The van der Waals surface area contributed by atoms with E-state index < -0.39 is 0 Å². The molecule has 1 aromatic rings. The lowest BCUT2D eigenvalue weighted by molar-refractivity contribution is 0.0531. The van der Waals surface area contributed by atoms with Gasteiger partial charge in [0.05, 0.1) is 13.2 Å². The van der Waals surface area contributed by atoms with Crippen LogP contribution >= 0.6 is 0 Å². The predicted octanol–water partition coefficient (Wildman–Crippen LogP) is 0.811. The minimum atomic E-state index is -0.0369. The monoisotopic (exact) mass is 235 g/mol. The van der Waals surface area contributed by atoms with E-state index in [1.54, 1.807) is 4.90 Å². The highest BCUT2D eigenvalue weighted by Crippen LogP contribution is 2.05. The second kappa shape index (κ2) is 5.54. The molecule has 1 saturated heterocycles. The molecule has 92 valence electrons. The third-order valence-electron chi connectivity index (χ3n) is 2.72. The largest absolute Gasteiger partial charge is 0.399 e. The van der Waals surface area contributed by atoms with Crippen LogP contribution in [-0.4, -0.2) is 37.2 Å². The summed E-state index contributed by atoms with van der Waals surface area (Å²) in [5.41, 5.74) is 7.36. The highest BCUT2D eigenvalue weighted by atomic mass is 16.5. The Balaban J connectivity index is 1.81. The first-order chi connectivity index (χ1) is 8.25. The number of carbonyl (C=O) groups excluding carboxylic acids is 1. The summed E-state index contributed by atoms with van der Waals surface area (Å²) in [7, 11) is 0. The van der Waals surface area contributed by atoms with E-state index in [-0.39, 0.29) is 6.03 Å². The topological polar surface area (TPSA) is 67.6 Å². The van der Waals surface area contributed by atoms with E-state index in [9.17, 15) is 4.79 Å². The van der Waals surface area contributed by atoms with E-state index in [1.165, 1.54) is 0 Å². The lowest BCUT2D eigenvalue weighted by Gasteiger charge is -2.26. The second-order valence-electron chi connectivity index (χ2n) is 4.00. The van der Waals surface area contributed by atoms with Crippen molar-refractivity contribution < 1.29 is 9.53 Å². The average molecular weight is 235 g/mol. The van der Waals surface area contributed by atoms with Crippen molar-refractivity contribution in [1.29, 1.82) is 0 Å². The first-order valence-corrected chi connectivity index (χ1v) is 5.70. The third-order valence-corrected chi connectivity index (χ3v) is 2.72. The van der Waals surface area contributed by atoms with Gasteiger partial charge in [0.1, 0.15) is 0 Å². The molecule has 0 aliphatic carbocycles. The maximum atomic E-state index is 11.8. The van der Waals surface area contributed by atoms with Crippen LogP contribution in [0.3, 0.4) is 0 Å². The minimum absolute atomic E-state index is 0.0369.